The average Bonchev–Trinajstić information content (AvgIpc) is 3.29. The molecule has 1 aliphatic carbocycles. The van der Waals surface area contributed by atoms with Gasteiger partial charge in [-0.1, -0.05) is 11.8 Å². The fourth-order valence-electron chi connectivity index (χ4n) is 2.25. The number of rotatable bonds is 3. The van der Waals surface area contributed by atoms with E-state index in [1.807, 2.05) is 12.1 Å². The predicted octanol–water partition coefficient (Wildman–Crippen LogP) is 2.22. The summed E-state index contributed by atoms with van der Waals surface area (Å²) in [6.45, 7) is 2.96. The van der Waals surface area contributed by atoms with E-state index in [2.05, 4.69) is 22.1 Å². The van der Waals surface area contributed by atoms with Crippen LogP contribution in [0.4, 0.5) is 0 Å². The first-order valence-electron chi connectivity index (χ1n) is 7.22. The first kappa shape index (κ1) is 12.5. The van der Waals surface area contributed by atoms with Gasteiger partial charge in [-0.3, -0.25) is 0 Å². The number of piperidine rings is 1. The third-order valence-electron chi connectivity index (χ3n) is 3.67. The highest BCUT2D eigenvalue weighted by atomic mass is 16.5. The monoisotopic (exact) mass is 256 g/mol. The number of pyridine rings is 1. The summed E-state index contributed by atoms with van der Waals surface area (Å²) in [4.78, 5) is 4.32. The Morgan fingerprint density at radius 3 is 2.89 bits per heavy atom. The number of ether oxygens (including phenoxy) is 1. The molecule has 0 unspecified atom stereocenters. The summed E-state index contributed by atoms with van der Waals surface area (Å²) < 4.78 is 5.89. The minimum atomic E-state index is 0.609. The molecule has 0 atom stereocenters. The van der Waals surface area contributed by atoms with Crippen molar-refractivity contribution in [2.24, 2.45) is 11.8 Å². The van der Waals surface area contributed by atoms with Crippen LogP contribution in [-0.4, -0.2) is 24.7 Å². The molecule has 3 nitrogen and oxygen atoms in total. The molecule has 0 amide bonds. The molecule has 2 heterocycles. The van der Waals surface area contributed by atoms with Gasteiger partial charge in [-0.25, -0.2) is 4.98 Å². The minimum Gasteiger partial charge on any atom is -0.476 e. The van der Waals surface area contributed by atoms with Crippen LogP contribution in [0.15, 0.2) is 18.3 Å². The Morgan fingerprint density at radius 2 is 2.11 bits per heavy atom. The molecule has 3 rings (SSSR count). The Kier molecular flexibility index (Phi) is 4.00. The Hall–Kier alpha value is -1.53. The van der Waals surface area contributed by atoms with Crippen molar-refractivity contribution >= 4 is 0 Å². The predicted molar refractivity (Wildman–Crippen MR) is 74.9 cm³/mol. The van der Waals surface area contributed by atoms with Crippen molar-refractivity contribution < 1.29 is 4.74 Å². The van der Waals surface area contributed by atoms with Gasteiger partial charge < -0.3 is 10.1 Å². The zero-order chi connectivity index (χ0) is 12.9. The van der Waals surface area contributed by atoms with Crippen molar-refractivity contribution in [1.82, 2.24) is 10.3 Å². The molecule has 2 aliphatic rings. The Balaban J connectivity index is 1.61. The van der Waals surface area contributed by atoms with Crippen LogP contribution in [0.2, 0.25) is 0 Å². The Labute approximate surface area is 114 Å². The molecule has 0 radical (unpaired) electrons. The van der Waals surface area contributed by atoms with Crippen LogP contribution in [0.1, 0.15) is 31.2 Å². The van der Waals surface area contributed by atoms with E-state index in [9.17, 15) is 0 Å². The molecule has 19 heavy (non-hydrogen) atoms. The number of nitrogens with one attached hydrogen (secondary N) is 1. The molecule has 0 spiro atoms. The standard InChI is InChI=1S/C16H20N2O/c1-2-15(6-5-13-3-4-13)16(18-9-1)19-12-14-7-10-17-11-8-14/h1-2,9,13-14,17H,3-4,7-8,10-12H2. The second kappa shape index (κ2) is 6.08. The quantitative estimate of drug-likeness (QED) is 0.842. The van der Waals surface area contributed by atoms with Gasteiger partial charge in [-0.15, -0.1) is 0 Å². The van der Waals surface area contributed by atoms with E-state index in [4.69, 9.17) is 4.74 Å². The molecule has 3 heteroatoms. The summed E-state index contributed by atoms with van der Waals surface area (Å²) in [5.41, 5.74) is 0.934. The molecule has 1 N–H and O–H groups in total. The van der Waals surface area contributed by atoms with Crippen molar-refractivity contribution in [3.63, 3.8) is 0 Å². The molecular weight excluding hydrogens is 236 g/mol. The van der Waals surface area contributed by atoms with E-state index in [1.165, 1.54) is 25.7 Å². The van der Waals surface area contributed by atoms with E-state index in [-0.39, 0.29) is 0 Å². The van der Waals surface area contributed by atoms with Crippen LogP contribution in [0.25, 0.3) is 0 Å². The molecule has 1 aliphatic heterocycles. The maximum Gasteiger partial charge on any atom is 0.229 e. The lowest BCUT2D eigenvalue weighted by atomic mass is 9.99. The van der Waals surface area contributed by atoms with Crippen LogP contribution in [-0.2, 0) is 0 Å². The molecule has 0 aromatic carbocycles. The molecule has 1 aromatic rings. The SMILES string of the molecule is C(#CC1CC1)c1cccnc1OCC1CCNCC1. The van der Waals surface area contributed by atoms with Gasteiger partial charge in [0.05, 0.1) is 12.2 Å². The lowest BCUT2D eigenvalue weighted by Gasteiger charge is -2.22. The van der Waals surface area contributed by atoms with Crippen molar-refractivity contribution in [3.8, 4) is 17.7 Å². The van der Waals surface area contributed by atoms with Gasteiger partial charge in [0.2, 0.25) is 5.88 Å². The van der Waals surface area contributed by atoms with Crippen LogP contribution in [0, 0.1) is 23.7 Å². The molecule has 1 aromatic heterocycles. The van der Waals surface area contributed by atoms with E-state index < -0.39 is 0 Å². The van der Waals surface area contributed by atoms with Gasteiger partial charge in [0, 0.05) is 12.1 Å². The van der Waals surface area contributed by atoms with Gasteiger partial charge in [0.25, 0.3) is 0 Å². The van der Waals surface area contributed by atoms with E-state index in [1.54, 1.807) is 6.20 Å². The number of nitrogens with zero attached hydrogens (tertiary/aromatic N) is 1. The van der Waals surface area contributed by atoms with Gasteiger partial charge >= 0.3 is 0 Å². The summed E-state index contributed by atoms with van der Waals surface area (Å²) >= 11 is 0. The van der Waals surface area contributed by atoms with Gasteiger partial charge in [-0.2, -0.15) is 0 Å². The second-order valence-electron chi connectivity index (χ2n) is 5.40. The Morgan fingerprint density at radius 1 is 1.26 bits per heavy atom. The fraction of sp³-hybridized carbons (Fsp3) is 0.562. The molecule has 1 saturated heterocycles. The van der Waals surface area contributed by atoms with Crippen LogP contribution in [0.3, 0.4) is 0 Å². The summed E-state index contributed by atoms with van der Waals surface area (Å²) in [6, 6.07) is 3.93. The van der Waals surface area contributed by atoms with Crippen molar-refractivity contribution in [3.05, 3.63) is 23.9 Å². The molecule has 100 valence electrons. The largest absolute Gasteiger partial charge is 0.476 e. The normalized spacial score (nSPS) is 19.6. The smallest absolute Gasteiger partial charge is 0.229 e. The van der Waals surface area contributed by atoms with Crippen molar-refractivity contribution in [1.29, 1.82) is 0 Å². The maximum absolute atomic E-state index is 5.89. The van der Waals surface area contributed by atoms with Crippen molar-refractivity contribution in [2.75, 3.05) is 19.7 Å². The Bertz CT molecular complexity index is 479. The number of aromatic nitrogens is 1. The topological polar surface area (TPSA) is 34.1 Å². The molecule has 1 saturated carbocycles. The third kappa shape index (κ3) is 3.71. The number of hydrogen-bond acceptors (Lipinski definition) is 3. The molecular formula is C16H20N2O. The zero-order valence-electron chi connectivity index (χ0n) is 11.2. The van der Waals surface area contributed by atoms with Crippen molar-refractivity contribution in [2.45, 2.75) is 25.7 Å². The zero-order valence-corrected chi connectivity index (χ0v) is 11.2. The number of hydrogen-bond donors (Lipinski definition) is 1. The van der Waals surface area contributed by atoms with E-state index in [0.29, 0.717) is 17.7 Å². The lowest BCUT2D eigenvalue weighted by molar-refractivity contribution is 0.208. The van der Waals surface area contributed by atoms with E-state index in [0.717, 1.165) is 25.3 Å². The second-order valence-corrected chi connectivity index (χ2v) is 5.40. The highest BCUT2D eigenvalue weighted by molar-refractivity contribution is 5.42. The van der Waals surface area contributed by atoms with Crippen LogP contribution < -0.4 is 10.1 Å². The summed E-state index contributed by atoms with van der Waals surface area (Å²) in [5, 5.41) is 3.37. The summed E-state index contributed by atoms with van der Waals surface area (Å²) in [5.74, 6) is 8.44. The van der Waals surface area contributed by atoms with Gasteiger partial charge in [0.15, 0.2) is 0 Å². The van der Waals surface area contributed by atoms with Gasteiger partial charge in [-0.05, 0) is 56.8 Å². The van der Waals surface area contributed by atoms with E-state index >= 15 is 0 Å². The van der Waals surface area contributed by atoms with Gasteiger partial charge in [0.1, 0.15) is 0 Å². The first-order chi connectivity index (χ1) is 9.42. The highest BCUT2D eigenvalue weighted by Gasteiger charge is 2.18. The highest BCUT2D eigenvalue weighted by Crippen LogP contribution is 2.28. The summed E-state index contributed by atoms with van der Waals surface area (Å²) in [6.07, 6.45) is 6.66. The van der Waals surface area contributed by atoms with Crippen LogP contribution in [0.5, 0.6) is 5.88 Å². The fourth-order valence-corrected chi connectivity index (χ4v) is 2.25. The first-order valence-corrected chi connectivity index (χ1v) is 7.22. The average molecular weight is 256 g/mol. The maximum atomic E-state index is 5.89. The molecule has 0 bridgehead atoms. The summed E-state index contributed by atoms with van der Waals surface area (Å²) in [7, 11) is 0. The minimum absolute atomic E-state index is 0.609. The lowest BCUT2D eigenvalue weighted by Crippen LogP contribution is -2.30. The van der Waals surface area contributed by atoms with Crippen LogP contribution >= 0.6 is 0 Å². The third-order valence-corrected chi connectivity index (χ3v) is 3.67. The molecule has 2 fully saturated rings.